The number of hydrogen-bond acceptors (Lipinski definition) is 2. The van der Waals surface area contributed by atoms with E-state index in [9.17, 15) is 0 Å². The minimum atomic E-state index is 0.855. The Hall–Kier alpha value is -2.84. The number of fused-ring (bicyclic) bond motifs is 4. The molecule has 0 saturated heterocycles. The summed E-state index contributed by atoms with van der Waals surface area (Å²) in [6.45, 7) is 0. The van der Waals surface area contributed by atoms with E-state index in [-0.39, 0.29) is 0 Å². The predicted octanol–water partition coefficient (Wildman–Crippen LogP) is 6.46. The molecule has 0 unspecified atom stereocenters. The predicted molar refractivity (Wildman–Crippen MR) is 107 cm³/mol. The first-order chi connectivity index (χ1) is 11.8. The number of anilines is 1. The molecule has 2 heteroatoms. The summed E-state index contributed by atoms with van der Waals surface area (Å²) in [5, 5.41) is 4.95. The zero-order chi connectivity index (χ0) is 16.1. The van der Waals surface area contributed by atoms with Gasteiger partial charge in [-0.15, -0.1) is 11.3 Å². The summed E-state index contributed by atoms with van der Waals surface area (Å²) >= 11 is 1.84. The van der Waals surface area contributed by atoms with Crippen LogP contribution in [-0.4, -0.2) is 0 Å². The standard InChI is InChI=1S/C22H15NS/c23-22-16-6-2-1-5-14(16)9-11-17(22)15-10-12-19-18-7-3-4-8-20(18)24-21(19)13-15/h1-13H,23H2. The number of nitrogens with two attached hydrogens (primary N) is 1. The van der Waals surface area contributed by atoms with Crippen LogP contribution in [0.25, 0.3) is 42.1 Å². The molecule has 0 spiro atoms. The lowest BCUT2D eigenvalue weighted by molar-refractivity contribution is 1.68. The van der Waals surface area contributed by atoms with Crippen LogP contribution >= 0.6 is 11.3 Å². The fraction of sp³-hybridized carbons (Fsp3) is 0. The van der Waals surface area contributed by atoms with Crippen LogP contribution in [0.3, 0.4) is 0 Å². The highest BCUT2D eigenvalue weighted by Crippen LogP contribution is 2.38. The van der Waals surface area contributed by atoms with Crippen molar-refractivity contribution in [2.75, 3.05) is 5.73 Å². The molecule has 0 atom stereocenters. The Bertz CT molecular complexity index is 1220. The van der Waals surface area contributed by atoms with E-state index < -0.39 is 0 Å². The van der Waals surface area contributed by atoms with E-state index in [2.05, 4.69) is 66.7 Å². The number of rotatable bonds is 1. The summed E-state index contributed by atoms with van der Waals surface area (Å²) in [7, 11) is 0. The molecule has 1 aromatic heterocycles. The van der Waals surface area contributed by atoms with Gasteiger partial charge in [-0.1, -0.05) is 66.7 Å². The van der Waals surface area contributed by atoms with Gasteiger partial charge in [-0.05, 0) is 23.1 Å². The third-order valence-corrected chi connectivity index (χ3v) is 5.79. The molecule has 0 aliphatic heterocycles. The molecular formula is C22H15NS. The Morgan fingerprint density at radius 1 is 0.625 bits per heavy atom. The van der Waals surface area contributed by atoms with Gasteiger partial charge < -0.3 is 5.73 Å². The lowest BCUT2D eigenvalue weighted by Crippen LogP contribution is -1.91. The maximum absolute atomic E-state index is 6.47. The minimum absolute atomic E-state index is 0.855. The van der Waals surface area contributed by atoms with Crippen molar-refractivity contribution in [1.29, 1.82) is 0 Å². The quantitative estimate of drug-likeness (QED) is 0.352. The van der Waals surface area contributed by atoms with Gasteiger partial charge in [0, 0.05) is 36.8 Å². The summed E-state index contributed by atoms with van der Waals surface area (Å²) < 4.78 is 2.64. The van der Waals surface area contributed by atoms with Crippen molar-refractivity contribution in [1.82, 2.24) is 0 Å². The van der Waals surface area contributed by atoms with Gasteiger partial charge in [0.05, 0.1) is 0 Å². The van der Waals surface area contributed by atoms with Crippen molar-refractivity contribution in [3.8, 4) is 11.1 Å². The molecule has 5 rings (SSSR count). The van der Waals surface area contributed by atoms with Crippen molar-refractivity contribution < 1.29 is 0 Å². The summed E-state index contributed by atoms with van der Waals surface area (Å²) in [4.78, 5) is 0. The second-order valence-electron chi connectivity index (χ2n) is 6.06. The third-order valence-electron chi connectivity index (χ3n) is 4.66. The van der Waals surface area contributed by atoms with Gasteiger partial charge in [-0.2, -0.15) is 0 Å². The molecule has 4 aromatic carbocycles. The first-order valence-corrected chi connectivity index (χ1v) is 8.82. The van der Waals surface area contributed by atoms with Crippen molar-refractivity contribution >= 4 is 48.0 Å². The normalized spacial score (nSPS) is 11.5. The van der Waals surface area contributed by atoms with Crippen LogP contribution in [0.2, 0.25) is 0 Å². The van der Waals surface area contributed by atoms with Gasteiger partial charge in [0.15, 0.2) is 0 Å². The Morgan fingerprint density at radius 2 is 1.38 bits per heavy atom. The Kier molecular flexibility index (Phi) is 2.88. The molecule has 2 N–H and O–H groups in total. The average molecular weight is 325 g/mol. The molecule has 0 aliphatic carbocycles. The third kappa shape index (κ3) is 1.93. The molecule has 0 saturated carbocycles. The average Bonchev–Trinajstić information content (AvgIpc) is 3.00. The van der Waals surface area contributed by atoms with E-state index in [4.69, 9.17) is 5.73 Å². The fourth-order valence-corrected chi connectivity index (χ4v) is 4.59. The molecule has 24 heavy (non-hydrogen) atoms. The zero-order valence-electron chi connectivity index (χ0n) is 13.0. The number of thiophene rings is 1. The first kappa shape index (κ1) is 13.6. The minimum Gasteiger partial charge on any atom is -0.398 e. The largest absolute Gasteiger partial charge is 0.398 e. The van der Waals surface area contributed by atoms with Gasteiger partial charge in [0.2, 0.25) is 0 Å². The van der Waals surface area contributed by atoms with Crippen molar-refractivity contribution in [2.24, 2.45) is 0 Å². The first-order valence-electron chi connectivity index (χ1n) is 8.00. The Balaban J connectivity index is 1.77. The number of nitrogen functional groups attached to an aromatic ring is 1. The van der Waals surface area contributed by atoms with E-state index >= 15 is 0 Å². The van der Waals surface area contributed by atoms with E-state index in [1.54, 1.807) is 0 Å². The van der Waals surface area contributed by atoms with Crippen LogP contribution < -0.4 is 5.73 Å². The van der Waals surface area contributed by atoms with Crippen LogP contribution in [-0.2, 0) is 0 Å². The molecule has 0 bridgehead atoms. The Labute approximate surface area is 144 Å². The van der Waals surface area contributed by atoms with Gasteiger partial charge in [-0.25, -0.2) is 0 Å². The van der Waals surface area contributed by atoms with Crippen LogP contribution in [0, 0.1) is 0 Å². The second kappa shape index (κ2) is 5.08. The molecule has 0 fully saturated rings. The smallest absolute Gasteiger partial charge is 0.0473 e. The molecular weight excluding hydrogens is 310 g/mol. The highest BCUT2D eigenvalue weighted by atomic mass is 32.1. The summed E-state index contributed by atoms with van der Waals surface area (Å²) in [6.07, 6.45) is 0. The second-order valence-corrected chi connectivity index (χ2v) is 7.14. The lowest BCUT2D eigenvalue weighted by Gasteiger charge is -2.09. The molecule has 1 heterocycles. The molecule has 0 aliphatic rings. The maximum Gasteiger partial charge on any atom is 0.0473 e. The molecule has 0 amide bonds. The molecule has 0 radical (unpaired) electrons. The zero-order valence-corrected chi connectivity index (χ0v) is 13.8. The van der Waals surface area contributed by atoms with Gasteiger partial charge in [-0.3, -0.25) is 0 Å². The van der Waals surface area contributed by atoms with Crippen molar-refractivity contribution in [3.05, 3.63) is 78.9 Å². The molecule has 114 valence electrons. The van der Waals surface area contributed by atoms with E-state index in [1.165, 1.54) is 31.1 Å². The highest BCUT2D eigenvalue weighted by molar-refractivity contribution is 7.25. The van der Waals surface area contributed by atoms with E-state index in [1.807, 2.05) is 23.5 Å². The fourth-order valence-electron chi connectivity index (χ4n) is 3.44. The van der Waals surface area contributed by atoms with E-state index in [0.717, 1.165) is 16.6 Å². The maximum atomic E-state index is 6.47. The van der Waals surface area contributed by atoms with Gasteiger partial charge in [0.25, 0.3) is 0 Å². The molecule has 1 nitrogen and oxygen atoms in total. The van der Waals surface area contributed by atoms with Crippen molar-refractivity contribution in [2.45, 2.75) is 0 Å². The highest BCUT2D eigenvalue weighted by Gasteiger charge is 2.09. The van der Waals surface area contributed by atoms with Crippen LogP contribution in [0.1, 0.15) is 0 Å². The van der Waals surface area contributed by atoms with Crippen LogP contribution in [0.4, 0.5) is 5.69 Å². The monoisotopic (exact) mass is 325 g/mol. The van der Waals surface area contributed by atoms with Crippen molar-refractivity contribution in [3.63, 3.8) is 0 Å². The van der Waals surface area contributed by atoms with E-state index in [0.29, 0.717) is 0 Å². The van der Waals surface area contributed by atoms with Crippen LogP contribution in [0.5, 0.6) is 0 Å². The number of hydrogen-bond donors (Lipinski definition) is 1. The summed E-state index contributed by atoms with van der Waals surface area (Å²) in [5.41, 5.74) is 9.61. The molecule has 5 aromatic rings. The summed E-state index contributed by atoms with van der Waals surface area (Å²) in [6, 6.07) is 27.8. The topological polar surface area (TPSA) is 26.0 Å². The van der Waals surface area contributed by atoms with Crippen LogP contribution in [0.15, 0.2) is 78.9 Å². The van der Waals surface area contributed by atoms with Gasteiger partial charge in [0.1, 0.15) is 0 Å². The number of benzene rings is 4. The van der Waals surface area contributed by atoms with Gasteiger partial charge >= 0.3 is 0 Å². The Morgan fingerprint density at radius 3 is 2.29 bits per heavy atom. The summed E-state index contributed by atoms with van der Waals surface area (Å²) in [5.74, 6) is 0. The SMILES string of the molecule is Nc1c(-c2ccc3c(c2)sc2ccccc23)ccc2ccccc12. The lowest BCUT2D eigenvalue weighted by atomic mass is 9.98.